The van der Waals surface area contributed by atoms with Crippen LogP contribution >= 0.6 is 35.1 Å². The fourth-order valence-corrected chi connectivity index (χ4v) is 4.84. The topological polar surface area (TPSA) is 54.9 Å². The van der Waals surface area contributed by atoms with E-state index in [1.165, 1.54) is 22.7 Å². The number of rotatable bonds is 7. The fourth-order valence-electron chi connectivity index (χ4n) is 3.17. The van der Waals surface area contributed by atoms with Crippen LogP contribution in [0.15, 0.2) is 29.6 Å². The SMILES string of the molecule is CCN(CC)CCN(C(=O)c1cccs1)c1nc2cc3c(cc2s1)OCCO3.Cl. The number of thiophene rings is 1. The molecule has 0 atom stereocenters. The average Bonchev–Trinajstić information content (AvgIpc) is 3.38. The van der Waals surface area contributed by atoms with Crippen LogP contribution < -0.4 is 14.4 Å². The highest BCUT2D eigenvalue weighted by molar-refractivity contribution is 7.22. The maximum atomic E-state index is 13.2. The Balaban J connectivity index is 0.00000240. The van der Waals surface area contributed by atoms with Gasteiger partial charge in [-0.15, -0.1) is 23.7 Å². The summed E-state index contributed by atoms with van der Waals surface area (Å²) in [5, 5.41) is 2.64. The molecule has 0 bridgehead atoms. The van der Waals surface area contributed by atoms with E-state index in [9.17, 15) is 4.79 Å². The van der Waals surface area contributed by atoms with Gasteiger partial charge in [0.15, 0.2) is 16.6 Å². The van der Waals surface area contributed by atoms with Crippen molar-refractivity contribution in [3.05, 3.63) is 34.5 Å². The largest absolute Gasteiger partial charge is 0.486 e. The van der Waals surface area contributed by atoms with Crippen molar-refractivity contribution >= 4 is 56.3 Å². The molecule has 29 heavy (non-hydrogen) atoms. The molecule has 0 saturated carbocycles. The number of nitrogens with zero attached hydrogens (tertiary/aromatic N) is 3. The number of halogens is 1. The number of ether oxygens (including phenoxy) is 2. The summed E-state index contributed by atoms with van der Waals surface area (Å²) < 4.78 is 12.3. The van der Waals surface area contributed by atoms with E-state index in [1.807, 2.05) is 29.6 Å². The molecule has 0 saturated heterocycles. The Hall–Kier alpha value is -1.87. The van der Waals surface area contributed by atoms with Crippen molar-refractivity contribution in [1.82, 2.24) is 9.88 Å². The van der Waals surface area contributed by atoms with Crippen LogP contribution in [0.5, 0.6) is 11.5 Å². The molecule has 2 aromatic heterocycles. The maximum Gasteiger partial charge on any atom is 0.270 e. The van der Waals surface area contributed by atoms with Gasteiger partial charge in [0.1, 0.15) is 13.2 Å². The minimum absolute atomic E-state index is 0. The molecular weight excluding hydrogens is 430 g/mol. The minimum Gasteiger partial charge on any atom is -0.486 e. The second kappa shape index (κ2) is 9.75. The third kappa shape index (κ3) is 4.66. The standard InChI is InChI=1S/C20H23N3O3S2.ClH/c1-3-22(4-2)7-8-23(19(24)17-6-5-11-27-17)20-21-14-12-15-16(13-18(14)28-20)26-10-9-25-15;/h5-6,11-13H,3-4,7-10H2,1-2H3;1H. The van der Waals surface area contributed by atoms with Crippen LogP contribution in [0.25, 0.3) is 10.2 Å². The molecule has 1 amide bonds. The number of fused-ring (bicyclic) bond motifs is 2. The first-order chi connectivity index (χ1) is 13.7. The van der Waals surface area contributed by atoms with Crippen LogP contribution in [0.1, 0.15) is 23.5 Å². The number of aromatic nitrogens is 1. The lowest BCUT2D eigenvalue weighted by molar-refractivity contribution is 0.0987. The molecule has 1 aliphatic rings. The Bertz CT molecular complexity index is 914. The van der Waals surface area contributed by atoms with Crippen LogP contribution in [-0.4, -0.2) is 55.2 Å². The van der Waals surface area contributed by atoms with E-state index in [0.29, 0.717) is 24.9 Å². The maximum absolute atomic E-state index is 13.2. The van der Waals surface area contributed by atoms with Gasteiger partial charge in [-0.25, -0.2) is 4.98 Å². The van der Waals surface area contributed by atoms with Crippen molar-refractivity contribution in [1.29, 1.82) is 0 Å². The van der Waals surface area contributed by atoms with Gasteiger partial charge in [0.2, 0.25) is 0 Å². The van der Waals surface area contributed by atoms with Gasteiger partial charge >= 0.3 is 0 Å². The molecule has 1 aliphatic heterocycles. The van der Waals surface area contributed by atoms with Crippen LogP contribution in [0.2, 0.25) is 0 Å². The summed E-state index contributed by atoms with van der Waals surface area (Å²) in [5.41, 5.74) is 0.830. The van der Waals surface area contributed by atoms with Crippen molar-refractivity contribution in [3.8, 4) is 11.5 Å². The lowest BCUT2D eigenvalue weighted by atomic mass is 10.3. The zero-order valence-electron chi connectivity index (χ0n) is 16.4. The van der Waals surface area contributed by atoms with Crippen molar-refractivity contribution in [3.63, 3.8) is 0 Å². The van der Waals surface area contributed by atoms with Crippen LogP contribution in [0, 0.1) is 0 Å². The summed E-state index contributed by atoms with van der Waals surface area (Å²) in [7, 11) is 0. The molecule has 9 heteroatoms. The first-order valence-electron chi connectivity index (χ1n) is 9.47. The molecule has 4 rings (SSSR count). The van der Waals surface area contributed by atoms with Crippen LogP contribution in [0.3, 0.4) is 0 Å². The first kappa shape index (κ1) is 21.8. The predicted molar refractivity (Wildman–Crippen MR) is 122 cm³/mol. The summed E-state index contributed by atoms with van der Waals surface area (Å²) in [4.78, 5) is 22.8. The van der Waals surface area contributed by atoms with Gasteiger partial charge in [-0.2, -0.15) is 0 Å². The van der Waals surface area contributed by atoms with E-state index in [1.54, 1.807) is 4.90 Å². The van der Waals surface area contributed by atoms with Gasteiger partial charge in [-0.1, -0.05) is 31.3 Å². The Labute approximate surface area is 184 Å². The van der Waals surface area contributed by atoms with E-state index >= 15 is 0 Å². The van der Waals surface area contributed by atoms with Gasteiger partial charge in [-0.05, 0) is 24.5 Å². The molecule has 0 fully saturated rings. The average molecular weight is 454 g/mol. The number of carbonyl (C=O) groups excluding carboxylic acids is 1. The zero-order chi connectivity index (χ0) is 19.5. The normalized spacial score (nSPS) is 12.8. The fraction of sp³-hybridized carbons (Fsp3) is 0.400. The number of carbonyl (C=O) groups is 1. The number of likely N-dealkylation sites (N-methyl/N-ethyl adjacent to an activating group) is 1. The van der Waals surface area contributed by atoms with Crippen LogP contribution in [-0.2, 0) is 0 Å². The Morgan fingerprint density at radius 3 is 2.52 bits per heavy atom. The molecule has 3 heterocycles. The highest BCUT2D eigenvalue weighted by atomic mass is 35.5. The van der Waals surface area contributed by atoms with Crippen molar-refractivity contribution in [2.75, 3.05) is 44.3 Å². The highest BCUT2D eigenvalue weighted by Gasteiger charge is 2.24. The number of hydrogen-bond donors (Lipinski definition) is 0. The second-order valence-electron chi connectivity index (χ2n) is 6.42. The molecule has 0 N–H and O–H groups in total. The second-order valence-corrected chi connectivity index (χ2v) is 8.38. The first-order valence-corrected chi connectivity index (χ1v) is 11.2. The van der Waals surface area contributed by atoms with E-state index in [2.05, 4.69) is 18.7 Å². The summed E-state index contributed by atoms with van der Waals surface area (Å²) >= 11 is 2.97. The summed E-state index contributed by atoms with van der Waals surface area (Å²) in [6.07, 6.45) is 0. The number of hydrogen-bond acceptors (Lipinski definition) is 7. The number of thiazole rings is 1. The zero-order valence-corrected chi connectivity index (χ0v) is 18.9. The molecule has 156 valence electrons. The molecular formula is C20H24ClN3O3S2. The van der Waals surface area contributed by atoms with Gasteiger partial charge in [0, 0.05) is 25.2 Å². The molecule has 0 spiro atoms. The van der Waals surface area contributed by atoms with Crippen molar-refractivity contribution in [2.24, 2.45) is 0 Å². The van der Waals surface area contributed by atoms with E-state index in [-0.39, 0.29) is 18.3 Å². The Morgan fingerprint density at radius 1 is 1.14 bits per heavy atom. The van der Waals surface area contributed by atoms with E-state index < -0.39 is 0 Å². The minimum atomic E-state index is -0.00141. The predicted octanol–water partition coefficient (Wildman–Crippen LogP) is 4.54. The smallest absolute Gasteiger partial charge is 0.270 e. The van der Waals surface area contributed by atoms with Gasteiger partial charge in [-0.3, -0.25) is 9.69 Å². The third-order valence-electron chi connectivity index (χ3n) is 4.78. The molecule has 0 aliphatic carbocycles. The molecule has 3 aromatic rings. The van der Waals surface area contributed by atoms with E-state index in [0.717, 1.165) is 46.2 Å². The number of anilines is 1. The van der Waals surface area contributed by atoms with Gasteiger partial charge < -0.3 is 14.4 Å². The highest BCUT2D eigenvalue weighted by Crippen LogP contribution is 2.39. The van der Waals surface area contributed by atoms with Crippen LogP contribution in [0.4, 0.5) is 5.13 Å². The molecule has 6 nitrogen and oxygen atoms in total. The summed E-state index contributed by atoms with van der Waals surface area (Å²) in [5.74, 6) is 1.46. The lowest BCUT2D eigenvalue weighted by Crippen LogP contribution is -2.38. The quantitative estimate of drug-likeness (QED) is 0.525. The molecule has 0 radical (unpaired) electrons. The molecule has 0 unspecified atom stereocenters. The summed E-state index contributed by atoms with van der Waals surface area (Å²) in [6.45, 7) is 8.69. The van der Waals surface area contributed by atoms with Gasteiger partial charge in [0.05, 0.1) is 15.1 Å². The van der Waals surface area contributed by atoms with Gasteiger partial charge in [0.25, 0.3) is 5.91 Å². The lowest BCUT2D eigenvalue weighted by Gasteiger charge is -2.24. The Morgan fingerprint density at radius 2 is 1.86 bits per heavy atom. The van der Waals surface area contributed by atoms with E-state index in [4.69, 9.17) is 14.5 Å². The monoisotopic (exact) mass is 453 g/mol. The van der Waals surface area contributed by atoms with Crippen molar-refractivity contribution < 1.29 is 14.3 Å². The number of benzene rings is 1. The molecule has 1 aromatic carbocycles. The van der Waals surface area contributed by atoms with Crippen molar-refractivity contribution in [2.45, 2.75) is 13.8 Å². The number of amides is 1. The Kier molecular flexibility index (Phi) is 7.34. The summed E-state index contributed by atoms with van der Waals surface area (Å²) in [6, 6.07) is 7.64. The third-order valence-corrected chi connectivity index (χ3v) is 6.68.